The molecule has 8 heteroatoms. The van der Waals surface area contributed by atoms with E-state index in [4.69, 9.17) is 16.6 Å². The first-order valence-electron chi connectivity index (χ1n) is 9.84. The molecule has 0 aliphatic carbocycles. The van der Waals surface area contributed by atoms with Gasteiger partial charge in [0.2, 0.25) is 10.0 Å². The SMILES string of the molecule is Cc1ccc(C)c(Cc2csc(N3CCN(S(=O)(=O)c4cccc(Cl)c4)CC3)n2)c1. The summed E-state index contributed by atoms with van der Waals surface area (Å²) in [6.07, 6.45) is 0.813. The summed E-state index contributed by atoms with van der Waals surface area (Å²) < 4.78 is 27.3. The van der Waals surface area contributed by atoms with Crippen molar-refractivity contribution in [3.63, 3.8) is 0 Å². The van der Waals surface area contributed by atoms with Gasteiger partial charge in [-0.3, -0.25) is 0 Å². The first-order chi connectivity index (χ1) is 14.3. The zero-order chi connectivity index (χ0) is 21.3. The molecule has 1 aliphatic rings. The molecule has 0 N–H and O–H groups in total. The van der Waals surface area contributed by atoms with E-state index >= 15 is 0 Å². The second-order valence-electron chi connectivity index (χ2n) is 7.58. The van der Waals surface area contributed by atoms with Gasteiger partial charge >= 0.3 is 0 Å². The van der Waals surface area contributed by atoms with Crippen molar-refractivity contribution in [2.45, 2.75) is 25.2 Å². The van der Waals surface area contributed by atoms with E-state index in [2.05, 4.69) is 42.3 Å². The van der Waals surface area contributed by atoms with Crippen LogP contribution in [-0.4, -0.2) is 43.9 Å². The standard InChI is InChI=1S/C22H24ClN3O2S2/c1-16-6-7-17(2)18(12-16)13-20-15-29-22(24-20)25-8-10-26(11-9-25)30(27,28)21-5-3-4-19(23)14-21/h3-7,12,14-15H,8-11,13H2,1-2H3. The first-order valence-corrected chi connectivity index (χ1v) is 12.5. The van der Waals surface area contributed by atoms with Crippen molar-refractivity contribution in [1.29, 1.82) is 0 Å². The number of rotatable bonds is 5. The summed E-state index contributed by atoms with van der Waals surface area (Å²) in [5.74, 6) is 0. The summed E-state index contributed by atoms with van der Waals surface area (Å²) >= 11 is 7.60. The summed E-state index contributed by atoms with van der Waals surface area (Å²) in [5.41, 5.74) is 4.88. The monoisotopic (exact) mass is 461 g/mol. The van der Waals surface area contributed by atoms with Gasteiger partial charge in [-0.05, 0) is 43.2 Å². The molecule has 3 aromatic rings. The Morgan fingerprint density at radius 1 is 1.07 bits per heavy atom. The lowest BCUT2D eigenvalue weighted by Gasteiger charge is -2.33. The zero-order valence-electron chi connectivity index (χ0n) is 17.0. The number of aromatic nitrogens is 1. The van der Waals surface area contributed by atoms with Crippen LogP contribution in [0.4, 0.5) is 5.13 Å². The molecule has 0 amide bonds. The number of benzene rings is 2. The molecule has 1 aliphatic heterocycles. The van der Waals surface area contributed by atoms with E-state index in [0.29, 0.717) is 31.2 Å². The lowest BCUT2D eigenvalue weighted by molar-refractivity contribution is 0.384. The summed E-state index contributed by atoms with van der Waals surface area (Å²) in [7, 11) is -3.53. The molecule has 1 fully saturated rings. The second kappa shape index (κ2) is 8.67. The predicted octanol–water partition coefficient (Wildman–Crippen LogP) is 4.52. The molecule has 0 radical (unpaired) electrons. The van der Waals surface area contributed by atoms with Gasteiger partial charge in [0.05, 0.1) is 10.6 Å². The van der Waals surface area contributed by atoms with Crippen molar-refractivity contribution < 1.29 is 8.42 Å². The number of hydrogen-bond acceptors (Lipinski definition) is 5. The number of thiazole rings is 1. The van der Waals surface area contributed by atoms with Crippen LogP contribution >= 0.6 is 22.9 Å². The highest BCUT2D eigenvalue weighted by Crippen LogP contribution is 2.26. The van der Waals surface area contributed by atoms with Gasteiger partial charge in [0.1, 0.15) is 0 Å². The molecule has 2 heterocycles. The number of anilines is 1. The molecule has 0 bridgehead atoms. The zero-order valence-corrected chi connectivity index (χ0v) is 19.4. The van der Waals surface area contributed by atoms with Crippen molar-refractivity contribution in [3.05, 3.63) is 75.3 Å². The van der Waals surface area contributed by atoms with Crippen molar-refractivity contribution in [3.8, 4) is 0 Å². The van der Waals surface area contributed by atoms with E-state index in [9.17, 15) is 8.42 Å². The summed E-state index contributed by atoms with van der Waals surface area (Å²) in [6, 6.07) is 12.9. The number of aryl methyl sites for hydroxylation is 2. The van der Waals surface area contributed by atoms with Crippen molar-refractivity contribution >= 4 is 38.1 Å². The van der Waals surface area contributed by atoms with E-state index < -0.39 is 10.0 Å². The fraction of sp³-hybridized carbons (Fsp3) is 0.318. The maximum absolute atomic E-state index is 12.9. The van der Waals surface area contributed by atoms with Crippen LogP contribution in [-0.2, 0) is 16.4 Å². The molecular weight excluding hydrogens is 438 g/mol. The Morgan fingerprint density at radius 3 is 2.57 bits per heavy atom. The highest BCUT2D eigenvalue weighted by molar-refractivity contribution is 7.89. The van der Waals surface area contributed by atoms with Crippen LogP contribution in [0.2, 0.25) is 5.02 Å². The van der Waals surface area contributed by atoms with Gasteiger partial charge in [0.15, 0.2) is 5.13 Å². The quantitative estimate of drug-likeness (QED) is 0.560. The van der Waals surface area contributed by atoms with Crippen LogP contribution in [0.1, 0.15) is 22.4 Å². The smallest absolute Gasteiger partial charge is 0.243 e. The molecule has 0 spiro atoms. The molecule has 0 saturated carbocycles. The van der Waals surface area contributed by atoms with Gasteiger partial charge in [-0.2, -0.15) is 4.31 Å². The van der Waals surface area contributed by atoms with E-state index in [1.807, 2.05) is 0 Å². The van der Waals surface area contributed by atoms with E-state index in [1.54, 1.807) is 29.5 Å². The van der Waals surface area contributed by atoms with Crippen LogP contribution in [0, 0.1) is 13.8 Å². The second-order valence-corrected chi connectivity index (χ2v) is 10.8. The van der Waals surface area contributed by atoms with Crippen molar-refractivity contribution in [1.82, 2.24) is 9.29 Å². The Morgan fingerprint density at radius 2 is 1.83 bits per heavy atom. The average molecular weight is 462 g/mol. The number of hydrogen-bond donors (Lipinski definition) is 0. The molecule has 5 nitrogen and oxygen atoms in total. The van der Waals surface area contributed by atoms with Gasteiger partial charge in [-0.1, -0.05) is 41.4 Å². The third-order valence-electron chi connectivity index (χ3n) is 5.36. The summed E-state index contributed by atoms with van der Waals surface area (Å²) in [6.45, 7) is 6.34. The minimum atomic E-state index is -3.53. The van der Waals surface area contributed by atoms with Gasteiger partial charge in [-0.15, -0.1) is 11.3 Å². The highest BCUT2D eigenvalue weighted by atomic mass is 35.5. The average Bonchev–Trinajstić information content (AvgIpc) is 3.19. The van der Waals surface area contributed by atoms with Crippen molar-refractivity contribution in [2.75, 3.05) is 31.1 Å². The molecular formula is C22H24ClN3O2S2. The van der Waals surface area contributed by atoms with Gasteiger partial charge in [0, 0.05) is 43.0 Å². The lowest BCUT2D eigenvalue weighted by atomic mass is 10.0. The molecule has 30 heavy (non-hydrogen) atoms. The predicted molar refractivity (Wildman–Crippen MR) is 123 cm³/mol. The largest absolute Gasteiger partial charge is 0.345 e. The van der Waals surface area contributed by atoms with E-state index in [-0.39, 0.29) is 4.90 Å². The maximum atomic E-state index is 12.9. The summed E-state index contributed by atoms with van der Waals surface area (Å²) in [5, 5.41) is 3.48. The van der Waals surface area contributed by atoms with Crippen molar-refractivity contribution in [2.24, 2.45) is 0 Å². The normalized spacial score (nSPS) is 15.5. The maximum Gasteiger partial charge on any atom is 0.243 e. The van der Waals surface area contributed by atoms with Gasteiger partial charge in [0.25, 0.3) is 0 Å². The van der Waals surface area contributed by atoms with Crippen LogP contribution in [0.25, 0.3) is 0 Å². The summed E-state index contributed by atoms with van der Waals surface area (Å²) in [4.78, 5) is 7.23. The minimum Gasteiger partial charge on any atom is -0.345 e. The highest BCUT2D eigenvalue weighted by Gasteiger charge is 2.29. The van der Waals surface area contributed by atoms with Crippen LogP contribution in [0.5, 0.6) is 0 Å². The lowest BCUT2D eigenvalue weighted by Crippen LogP contribution is -2.48. The topological polar surface area (TPSA) is 53.5 Å². The van der Waals surface area contributed by atoms with E-state index in [0.717, 1.165) is 17.2 Å². The fourth-order valence-corrected chi connectivity index (χ4v) is 6.21. The first kappa shape index (κ1) is 21.3. The number of piperazine rings is 1. The molecule has 2 aromatic carbocycles. The number of sulfonamides is 1. The molecule has 0 unspecified atom stereocenters. The molecule has 1 saturated heterocycles. The molecule has 158 valence electrons. The Hall–Kier alpha value is -1.93. The number of nitrogens with zero attached hydrogens (tertiary/aromatic N) is 3. The fourth-order valence-electron chi connectivity index (χ4n) is 3.60. The Kier molecular flexibility index (Phi) is 6.16. The number of halogens is 1. The van der Waals surface area contributed by atoms with Gasteiger partial charge < -0.3 is 4.90 Å². The Balaban J connectivity index is 1.42. The van der Waals surface area contributed by atoms with Gasteiger partial charge in [-0.25, -0.2) is 13.4 Å². The minimum absolute atomic E-state index is 0.244. The van der Waals surface area contributed by atoms with E-state index in [1.165, 1.54) is 27.1 Å². The molecule has 4 rings (SSSR count). The van der Waals surface area contributed by atoms with Crippen LogP contribution in [0.3, 0.4) is 0 Å². The third kappa shape index (κ3) is 4.54. The van der Waals surface area contributed by atoms with Crippen LogP contribution in [0.15, 0.2) is 52.7 Å². The molecule has 1 aromatic heterocycles. The molecule has 0 atom stereocenters. The van der Waals surface area contributed by atoms with Crippen LogP contribution < -0.4 is 4.90 Å². The third-order valence-corrected chi connectivity index (χ3v) is 8.44. The Bertz CT molecular complexity index is 1150. The Labute approximate surface area is 187 Å².